The van der Waals surface area contributed by atoms with Gasteiger partial charge in [-0.2, -0.15) is 5.26 Å². The van der Waals surface area contributed by atoms with Crippen molar-refractivity contribution in [1.29, 1.82) is 5.26 Å². The minimum absolute atomic E-state index is 0.0787. The Morgan fingerprint density at radius 3 is 3.00 bits per heavy atom. The summed E-state index contributed by atoms with van der Waals surface area (Å²) >= 11 is 0. The number of nitriles is 1. The van der Waals surface area contributed by atoms with Crippen LogP contribution in [-0.2, 0) is 0 Å². The first-order chi connectivity index (χ1) is 10.2. The molecular formula is C14H17N5O2. The first kappa shape index (κ1) is 13.8. The Morgan fingerprint density at radius 1 is 1.48 bits per heavy atom. The second-order valence-corrected chi connectivity index (χ2v) is 5.51. The Balaban J connectivity index is 1.99. The van der Waals surface area contributed by atoms with Gasteiger partial charge >= 0.3 is 5.69 Å². The number of hydrogen-bond donors (Lipinski definition) is 1. The van der Waals surface area contributed by atoms with Crippen LogP contribution in [0.5, 0.6) is 0 Å². The van der Waals surface area contributed by atoms with Crippen molar-refractivity contribution in [2.24, 2.45) is 0 Å². The molecule has 2 aliphatic heterocycles. The summed E-state index contributed by atoms with van der Waals surface area (Å²) < 4.78 is 0. The van der Waals surface area contributed by atoms with E-state index in [4.69, 9.17) is 5.26 Å². The van der Waals surface area contributed by atoms with Crippen molar-refractivity contribution in [3.05, 3.63) is 27.9 Å². The summed E-state index contributed by atoms with van der Waals surface area (Å²) in [6, 6.07) is 3.89. The van der Waals surface area contributed by atoms with Gasteiger partial charge in [0.05, 0.1) is 4.92 Å². The smallest absolute Gasteiger partial charge is 0.329 e. The highest BCUT2D eigenvalue weighted by atomic mass is 16.6. The Morgan fingerprint density at radius 2 is 2.33 bits per heavy atom. The van der Waals surface area contributed by atoms with E-state index < -0.39 is 4.92 Å². The molecule has 2 saturated heterocycles. The molecule has 3 rings (SSSR count). The summed E-state index contributed by atoms with van der Waals surface area (Å²) in [4.78, 5) is 17.1. The van der Waals surface area contributed by atoms with Gasteiger partial charge in [-0.1, -0.05) is 0 Å². The number of nitro groups is 1. The lowest BCUT2D eigenvalue weighted by Gasteiger charge is -2.30. The normalized spacial score (nSPS) is 25.0. The molecule has 0 radical (unpaired) electrons. The quantitative estimate of drug-likeness (QED) is 0.670. The monoisotopic (exact) mass is 287 g/mol. The van der Waals surface area contributed by atoms with Crippen LogP contribution in [0.3, 0.4) is 0 Å². The number of nitrogens with zero attached hydrogens (tertiary/aromatic N) is 4. The number of nitrogens with one attached hydrogen (secondary N) is 1. The molecule has 2 fully saturated rings. The van der Waals surface area contributed by atoms with Gasteiger partial charge in [-0.25, -0.2) is 4.98 Å². The van der Waals surface area contributed by atoms with E-state index in [1.165, 1.54) is 12.3 Å². The van der Waals surface area contributed by atoms with Crippen LogP contribution in [0.2, 0.25) is 0 Å². The molecule has 0 aromatic carbocycles. The fraction of sp³-hybridized carbons (Fsp3) is 0.571. The molecule has 2 atom stereocenters. The molecule has 0 bridgehead atoms. The summed E-state index contributed by atoms with van der Waals surface area (Å²) in [6.45, 7) is 1.76. The fourth-order valence-electron chi connectivity index (χ4n) is 3.44. The van der Waals surface area contributed by atoms with Crippen molar-refractivity contribution in [2.75, 3.05) is 18.0 Å². The van der Waals surface area contributed by atoms with E-state index in [-0.39, 0.29) is 17.3 Å². The lowest BCUT2D eigenvalue weighted by atomic mass is 10.0. The van der Waals surface area contributed by atoms with E-state index >= 15 is 0 Å². The number of hydrogen-bond acceptors (Lipinski definition) is 6. The minimum atomic E-state index is -0.488. The molecule has 2 aliphatic rings. The van der Waals surface area contributed by atoms with Gasteiger partial charge in [-0.15, -0.1) is 0 Å². The van der Waals surface area contributed by atoms with Crippen LogP contribution >= 0.6 is 0 Å². The van der Waals surface area contributed by atoms with Crippen molar-refractivity contribution in [3.8, 4) is 6.07 Å². The van der Waals surface area contributed by atoms with Gasteiger partial charge in [0.2, 0.25) is 5.82 Å². The molecule has 1 N–H and O–H groups in total. The molecule has 110 valence electrons. The van der Waals surface area contributed by atoms with E-state index in [2.05, 4.69) is 10.3 Å². The van der Waals surface area contributed by atoms with Crippen molar-refractivity contribution in [2.45, 2.75) is 37.8 Å². The van der Waals surface area contributed by atoms with Crippen molar-refractivity contribution in [3.63, 3.8) is 0 Å². The van der Waals surface area contributed by atoms with Gasteiger partial charge in [0.25, 0.3) is 0 Å². The third-order valence-electron chi connectivity index (χ3n) is 4.34. The van der Waals surface area contributed by atoms with E-state index in [1.54, 1.807) is 0 Å². The van der Waals surface area contributed by atoms with Gasteiger partial charge in [-0.05, 0) is 38.3 Å². The summed E-state index contributed by atoms with van der Waals surface area (Å²) in [5, 5.41) is 23.9. The van der Waals surface area contributed by atoms with Crippen LogP contribution < -0.4 is 10.2 Å². The Bertz CT molecular complexity index is 592. The molecule has 0 saturated carbocycles. The zero-order valence-corrected chi connectivity index (χ0v) is 11.7. The average Bonchev–Trinajstić information content (AvgIpc) is 3.16. The summed E-state index contributed by atoms with van der Waals surface area (Å²) in [6.07, 6.45) is 5.72. The zero-order valence-electron chi connectivity index (χ0n) is 11.7. The number of pyridine rings is 1. The zero-order chi connectivity index (χ0) is 14.8. The third-order valence-corrected chi connectivity index (χ3v) is 4.34. The molecule has 0 amide bonds. The van der Waals surface area contributed by atoms with Crippen LogP contribution in [-0.4, -0.2) is 35.1 Å². The Kier molecular flexibility index (Phi) is 3.71. The molecule has 1 aromatic rings. The SMILES string of the molecule is N#Cc1ccnc(N2CCCC2C2CCCN2)c1[N+](=O)[O-]. The maximum absolute atomic E-state index is 11.4. The maximum atomic E-state index is 11.4. The first-order valence-electron chi connectivity index (χ1n) is 7.26. The number of aromatic nitrogens is 1. The van der Waals surface area contributed by atoms with Gasteiger partial charge < -0.3 is 10.2 Å². The number of rotatable bonds is 3. The molecule has 3 heterocycles. The van der Waals surface area contributed by atoms with Crippen molar-refractivity contribution in [1.82, 2.24) is 10.3 Å². The van der Waals surface area contributed by atoms with Crippen molar-refractivity contribution >= 4 is 11.5 Å². The van der Waals surface area contributed by atoms with Crippen LogP contribution in [0, 0.1) is 21.4 Å². The van der Waals surface area contributed by atoms with E-state index in [0.29, 0.717) is 11.9 Å². The lowest BCUT2D eigenvalue weighted by Crippen LogP contribution is -2.44. The second-order valence-electron chi connectivity index (χ2n) is 5.51. The largest absolute Gasteiger partial charge is 0.346 e. The Hall–Kier alpha value is -2.20. The standard InChI is InChI=1S/C14H17N5O2/c15-9-10-5-7-17-14(13(10)19(20)21)18-8-2-4-12(18)11-3-1-6-16-11/h5,7,11-12,16H,1-4,6,8H2. The minimum Gasteiger partial charge on any atom is -0.346 e. The summed E-state index contributed by atoms with van der Waals surface area (Å²) in [7, 11) is 0. The van der Waals surface area contributed by atoms with Crippen LogP contribution in [0.25, 0.3) is 0 Å². The van der Waals surface area contributed by atoms with Crippen LogP contribution in [0.1, 0.15) is 31.2 Å². The highest BCUT2D eigenvalue weighted by Gasteiger charge is 2.37. The van der Waals surface area contributed by atoms with Crippen LogP contribution in [0.15, 0.2) is 12.3 Å². The molecular weight excluding hydrogens is 270 g/mol. The van der Waals surface area contributed by atoms with E-state index in [1.807, 2.05) is 11.0 Å². The Labute approximate surface area is 122 Å². The van der Waals surface area contributed by atoms with Crippen molar-refractivity contribution < 1.29 is 4.92 Å². The highest BCUT2D eigenvalue weighted by molar-refractivity contribution is 5.66. The predicted octanol–water partition coefficient (Wildman–Crippen LogP) is 1.58. The molecule has 7 heteroatoms. The van der Waals surface area contributed by atoms with Gasteiger partial charge in [0, 0.05) is 24.8 Å². The third kappa shape index (κ3) is 2.43. The first-order valence-corrected chi connectivity index (χ1v) is 7.26. The topological polar surface area (TPSA) is 95.1 Å². The average molecular weight is 287 g/mol. The van der Waals surface area contributed by atoms with Crippen LogP contribution in [0.4, 0.5) is 11.5 Å². The van der Waals surface area contributed by atoms with E-state index in [0.717, 1.165) is 38.8 Å². The fourth-order valence-corrected chi connectivity index (χ4v) is 3.44. The molecule has 0 aliphatic carbocycles. The highest BCUT2D eigenvalue weighted by Crippen LogP contribution is 2.35. The van der Waals surface area contributed by atoms with Gasteiger partial charge in [-0.3, -0.25) is 10.1 Å². The molecule has 21 heavy (non-hydrogen) atoms. The van der Waals surface area contributed by atoms with Gasteiger partial charge in [0.1, 0.15) is 11.6 Å². The van der Waals surface area contributed by atoms with Gasteiger partial charge in [0.15, 0.2) is 0 Å². The summed E-state index contributed by atoms with van der Waals surface area (Å²) in [5.41, 5.74) is -0.0834. The predicted molar refractivity (Wildman–Crippen MR) is 77.0 cm³/mol. The van der Waals surface area contributed by atoms with E-state index in [9.17, 15) is 10.1 Å². The summed E-state index contributed by atoms with van der Waals surface area (Å²) in [5.74, 6) is 0.343. The lowest BCUT2D eigenvalue weighted by molar-refractivity contribution is -0.384. The molecule has 7 nitrogen and oxygen atoms in total. The molecule has 0 spiro atoms. The second kappa shape index (κ2) is 5.66. The maximum Gasteiger partial charge on any atom is 0.329 e. The number of anilines is 1. The molecule has 2 unspecified atom stereocenters. The molecule has 1 aromatic heterocycles.